The second-order valence-corrected chi connectivity index (χ2v) is 9.14. The van der Waals surface area contributed by atoms with Gasteiger partial charge in [-0.15, -0.1) is 11.3 Å². The van der Waals surface area contributed by atoms with Crippen molar-refractivity contribution in [2.24, 2.45) is 0 Å². The maximum absolute atomic E-state index is 13.7. The van der Waals surface area contributed by atoms with E-state index < -0.39 is 21.4 Å². The summed E-state index contributed by atoms with van der Waals surface area (Å²) in [6.07, 6.45) is 0. The molecule has 0 atom stereocenters. The van der Waals surface area contributed by atoms with Crippen LogP contribution in [0.5, 0.6) is 0 Å². The van der Waals surface area contributed by atoms with Gasteiger partial charge in [-0.3, -0.25) is 0 Å². The summed E-state index contributed by atoms with van der Waals surface area (Å²) < 4.78 is 38.5. The molecule has 114 valence electrons. The molecule has 0 bridgehead atoms. The van der Waals surface area contributed by atoms with Crippen LogP contribution in [0.3, 0.4) is 0 Å². The van der Waals surface area contributed by atoms with E-state index in [1.54, 1.807) is 5.38 Å². The van der Waals surface area contributed by atoms with E-state index in [-0.39, 0.29) is 20.3 Å². The van der Waals surface area contributed by atoms with Crippen molar-refractivity contribution in [1.82, 2.24) is 4.98 Å². The number of hydrogen-bond donors (Lipinski definition) is 0. The first-order valence-corrected chi connectivity index (χ1v) is 9.14. The normalized spacial score (nSPS) is 12.6. The molecule has 1 aromatic heterocycles. The Bertz CT molecular complexity index is 743. The average Bonchev–Trinajstić information content (AvgIpc) is 2.84. The molecule has 0 radical (unpaired) electrons. The number of benzene rings is 1. The summed E-state index contributed by atoms with van der Waals surface area (Å²) >= 11 is 6.93. The van der Waals surface area contributed by atoms with Gasteiger partial charge < -0.3 is 0 Å². The lowest BCUT2D eigenvalue weighted by molar-refractivity contribution is 0.563. The van der Waals surface area contributed by atoms with Gasteiger partial charge in [-0.25, -0.2) is 17.8 Å². The standard InChI is InChI=1S/C14H15ClFNO2S2/c1-14(2,3)12-7-20-13(17-12)21(18,19)8-9-10(15)5-4-6-11(9)16/h4-7H,8H2,1-3H3. The van der Waals surface area contributed by atoms with E-state index in [1.807, 2.05) is 20.8 Å². The lowest BCUT2D eigenvalue weighted by atomic mass is 9.93. The van der Waals surface area contributed by atoms with Crippen molar-refractivity contribution < 1.29 is 12.8 Å². The van der Waals surface area contributed by atoms with Gasteiger partial charge in [0.2, 0.25) is 14.2 Å². The molecule has 0 aliphatic rings. The second kappa shape index (κ2) is 5.66. The van der Waals surface area contributed by atoms with Crippen LogP contribution in [-0.2, 0) is 21.0 Å². The number of nitrogens with zero attached hydrogens (tertiary/aromatic N) is 1. The SMILES string of the molecule is CC(C)(C)c1csc(S(=O)(=O)Cc2c(F)cccc2Cl)n1. The van der Waals surface area contributed by atoms with Crippen LogP contribution in [-0.4, -0.2) is 13.4 Å². The van der Waals surface area contributed by atoms with Crippen molar-refractivity contribution in [3.63, 3.8) is 0 Å². The van der Waals surface area contributed by atoms with E-state index in [4.69, 9.17) is 11.6 Å². The van der Waals surface area contributed by atoms with Crippen LogP contribution < -0.4 is 0 Å². The van der Waals surface area contributed by atoms with Gasteiger partial charge in [0.15, 0.2) is 0 Å². The Balaban J connectivity index is 2.37. The summed E-state index contributed by atoms with van der Waals surface area (Å²) in [4.78, 5) is 4.17. The lowest BCUT2D eigenvalue weighted by Gasteiger charge is -2.14. The van der Waals surface area contributed by atoms with E-state index in [0.717, 1.165) is 11.3 Å². The summed E-state index contributed by atoms with van der Waals surface area (Å²) in [6.45, 7) is 5.85. The molecule has 0 aliphatic carbocycles. The predicted octanol–water partition coefficient (Wildman–Crippen LogP) is 4.21. The third-order valence-corrected chi connectivity index (χ3v) is 6.24. The Kier molecular flexibility index (Phi) is 4.42. The molecule has 0 fully saturated rings. The smallest absolute Gasteiger partial charge is 0.209 e. The Labute approximate surface area is 132 Å². The molecule has 2 rings (SSSR count). The number of halogens is 2. The first-order valence-electron chi connectivity index (χ1n) is 6.23. The van der Waals surface area contributed by atoms with Gasteiger partial charge in [0.1, 0.15) is 5.82 Å². The van der Waals surface area contributed by atoms with E-state index in [1.165, 1.54) is 18.2 Å². The Morgan fingerprint density at radius 2 is 2.00 bits per heavy atom. The molecule has 2 aromatic rings. The summed E-state index contributed by atoms with van der Waals surface area (Å²) in [5.74, 6) is -1.12. The molecule has 0 aliphatic heterocycles. The van der Waals surface area contributed by atoms with E-state index in [2.05, 4.69) is 4.98 Å². The Hall–Kier alpha value is -0.980. The third-order valence-electron chi connectivity index (χ3n) is 2.91. The largest absolute Gasteiger partial charge is 0.230 e. The van der Waals surface area contributed by atoms with Gasteiger partial charge in [0.05, 0.1) is 11.4 Å². The molecule has 0 unspecified atom stereocenters. The zero-order valence-electron chi connectivity index (χ0n) is 11.9. The number of hydrogen-bond acceptors (Lipinski definition) is 4. The van der Waals surface area contributed by atoms with Crippen LogP contribution >= 0.6 is 22.9 Å². The van der Waals surface area contributed by atoms with Crippen molar-refractivity contribution in [1.29, 1.82) is 0 Å². The predicted molar refractivity (Wildman–Crippen MR) is 83.1 cm³/mol. The molecular weight excluding hydrogens is 333 g/mol. The lowest BCUT2D eigenvalue weighted by Crippen LogP contribution is -2.13. The quantitative estimate of drug-likeness (QED) is 0.835. The van der Waals surface area contributed by atoms with E-state index in [9.17, 15) is 12.8 Å². The molecule has 0 saturated carbocycles. The van der Waals surface area contributed by atoms with Gasteiger partial charge in [0, 0.05) is 21.4 Å². The maximum Gasteiger partial charge on any atom is 0.209 e. The molecular formula is C14H15ClFNO2S2. The number of thiazole rings is 1. The molecule has 0 amide bonds. The highest BCUT2D eigenvalue weighted by Gasteiger charge is 2.25. The number of rotatable bonds is 3. The average molecular weight is 348 g/mol. The highest BCUT2D eigenvalue weighted by Crippen LogP contribution is 2.29. The van der Waals surface area contributed by atoms with Crippen LogP contribution in [0.2, 0.25) is 5.02 Å². The highest BCUT2D eigenvalue weighted by atomic mass is 35.5. The first-order chi connectivity index (χ1) is 9.61. The van der Waals surface area contributed by atoms with Crippen LogP contribution in [0, 0.1) is 5.82 Å². The van der Waals surface area contributed by atoms with Gasteiger partial charge in [0.25, 0.3) is 0 Å². The van der Waals surface area contributed by atoms with Crippen molar-refractivity contribution >= 4 is 32.8 Å². The second-order valence-electron chi connectivity index (χ2n) is 5.71. The fourth-order valence-corrected chi connectivity index (χ4v) is 4.69. The van der Waals surface area contributed by atoms with Crippen LogP contribution in [0.1, 0.15) is 32.0 Å². The highest BCUT2D eigenvalue weighted by molar-refractivity contribution is 7.92. The molecule has 1 heterocycles. The Morgan fingerprint density at radius 1 is 1.33 bits per heavy atom. The molecule has 1 aromatic carbocycles. The maximum atomic E-state index is 13.7. The molecule has 0 N–H and O–H groups in total. The van der Waals surface area contributed by atoms with Crippen LogP contribution in [0.4, 0.5) is 4.39 Å². The topological polar surface area (TPSA) is 47.0 Å². The molecule has 3 nitrogen and oxygen atoms in total. The van der Waals surface area contributed by atoms with Gasteiger partial charge in [-0.2, -0.15) is 0 Å². The van der Waals surface area contributed by atoms with Crippen LogP contribution in [0.15, 0.2) is 27.9 Å². The minimum Gasteiger partial charge on any atom is -0.230 e. The monoisotopic (exact) mass is 347 g/mol. The van der Waals surface area contributed by atoms with Crippen molar-refractivity contribution in [3.05, 3.63) is 45.7 Å². The van der Waals surface area contributed by atoms with Gasteiger partial charge in [-0.05, 0) is 12.1 Å². The van der Waals surface area contributed by atoms with Crippen molar-refractivity contribution in [2.75, 3.05) is 0 Å². The van der Waals surface area contributed by atoms with Crippen LogP contribution in [0.25, 0.3) is 0 Å². The zero-order valence-corrected chi connectivity index (χ0v) is 14.2. The minimum absolute atomic E-state index is 0.00764. The minimum atomic E-state index is -3.71. The Morgan fingerprint density at radius 3 is 2.52 bits per heavy atom. The number of sulfone groups is 1. The summed E-state index contributed by atoms with van der Waals surface area (Å²) in [6, 6.07) is 4.10. The molecule has 0 saturated heterocycles. The molecule has 0 spiro atoms. The van der Waals surface area contributed by atoms with E-state index >= 15 is 0 Å². The van der Waals surface area contributed by atoms with Crippen molar-refractivity contribution in [2.45, 2.75) is 36.3 Å². The van der Waals surface area contributed by atoms with Crippen molar-refractivity contribution in [3.8, 4) is 0 Å². The third kappa shape index (κ3) is 3.62. The zero-order chi connectivity index (χ0) is 15.8. The summed E-state index contributed by atoms with van der Waals surface area (Å²) in [7, 11) is -3.71. The molecule has 21 heavy (non-hydrogen) atoms. The van der Waals surface area contributed by atoms with Gasteiger partial charge >= 0.3 is 0 Å². The fourth-order valence-electron chi connectivity index (χ4n) is 1.67. The van der Waals surface area contributed by atoms with E-state index in [0.29, 0.717) is 5.69 Å². The summed E-state index contributed by atoms with van der Waals surface area (Å²) in [5, 5.41) is 1.82. The fraction of sp³-hybridized carbons (Fsp3) is 0.357. The summed E-state index contributed by atoms with van der Waals surface area (Å²) in [5.41, 5.74) is 0.442. The first kappa shape index (κ1) is 16.4. The molecule has 7 heteroatoms. The number of aromatic nitrogens is 1. The van der Waals surface area contributed by atoms with Gasteiger partial charge in [-0.1, -0.05) is 38.4 Å².